The van der Waals surface area contributed by atoms with Gasteiger partial charge in [0.2, 0.25) is 0 Å². The minimum absolute atomic E-state index is 0.0519. The highest BCUT2D eigenvalue weighted by atomic mass is 32.2. The summed E-state index contributed by atoms with van der Waals surface area (Å²) in [5.74, 6) is 0.0609. The standard InChI is InChI=1S/C10H20N2O4S/c13-8-9-2-1-3-10(9)11-17(14,15)12-4-6-16-7-5-12/h9-11,13H,1-8H2. The SMILES string of the molecule is O=S(=O)(NC1CCCC1CO)N1CCOCC1. The predicted octanol–water partition coefficient (Wildman–Crippen LogP) is -0.686. The number of ether oxygens (including phenoxy) is 1. The molecule has 100 valence electrons. The zero-order chi connectivity index (χ0) is 12.3. The molecule has 0 aromatic rings. The zero-order valence-corrected chi connectivity index (χ0v) is 10.7. The normalized spacial score (nSPS) is 31.8. The third kappa shape index (κ3) is 3.17. The second-order valence-electron chi connectivity index (χ2n) is 4.61. The van der Waals surface area contributed by atoms with Crippen LogP contribution >= 0.6 is 0 Å². The van der Waals surface area contributed by atoms with E-state index in [-0.39, 0.29) is 18.6 Å². The van der Waals surface area contributed by atoms with E-state index in [0.29, 0.717) is 26.3 Å². The van der Waals surface area contributed by atoms with Crippen LogP contribution in [0.5, 0.6) is 0 Å². The number of aliphatic hydroxyl groups excluding tert-OH is 1. The summed E-state index contributed by atoms with van der Waals surface area (Å²) < 4.78 is 33.4. The molecule has 2 atom stereocenters. The van der Waals surface area contributed by atoms with Crippen LogP contribution in [0, 0.1) is 5.92 Å². The van der Waals surface area contributed by atoms with Crippen molar-refractivity contribution in [2.75, 3.05) is 32.9 Å². The van der Waals surface area contributed by atoms with Gasteiger partial charge in [0.25, 0.3) is 10.2 Å². The van der Waals surface area contributed by atoms with Crippen molar-refractivity contribution in [1.82, 2.24) is 9.03 Å². The molecule has 2 N–H and O–H groups in total. The van der Waals surface area contributed by atoms with E-state index in [2.05, 4.69) is 4.72 Å². The smallest absolute Gasteiger partial charge is 0.279 e. The quantitative estimate of drug-likeness (QED) is 0.705. The fourth-order valence-electron chi connectivity index (χ4n) is 2.46. The van der Waals surface area contributed by atoms with E-state index in [1.54, 1.807) is 0 Å². The maximum atomic E-state index is 12.1. The van der Waals surface area contributed by atoms with Gasteiger partial charge in [-0.1, -0.05) is 6.42 Å². The first kappa shape index (κ1) is 13.2. The summed E-state index contributed by atoms with van der Waals surface area (Å²) in [6.45, 7) is 1.78. The molecule has 1 aliphatic heterocycles. The minimum atomic E-state index is -3.42. The lowest BCUT2D eigenvalue weighted by Gasteiger charge is -2.28. The van der Waals surface area contributed by atoms with Crippen LogP contribution in [-0.2, 0) is 14.9 Å². The minimum Gasteiger partial charge on any atom is -0.396 e. The molecule has 0 aromatic heterocycles. The number of hydrogen-bond acceptors (Lipinski definition) is 4. The fraction of sp³-hybridized carbons (Fsp3) is 1.00. The molecule has 0 radical (unpaired) electrons. The van der Waals surface area contributed by atoms with Crippen molar-refractivity contribution in [1.29, 1.82) is 0 Å². The van der Waals surface area contributed by atoms with Crippen molar-refractivity contribution < 1.29 is 18.3 Å². The van der Waals surface area contributed by atoms with Crippen LogP contribution in [0.2, 0.25) is 0 Å². The molecule has 0 aromatic carbocycles. The lowest BCUT2D eigenvalue weighted by atomic mass is 10.1. The third-order valence-electron chi connectivity index (χ3n) is 3.50. The third-order valence-corrected chi connectivity index (χ3v) is 5.15. The molecule has 2 fully saturated rings. The Bertz CT molecular complexity index is 340. The molecule has 2 aliphatic rings. The molecule has 2 rings (SSSR count). The number of nitrogens with zero attached hydrogens (tertiary/aromatic N) is 1. The van der Waals surface area contributed by atoms with Gasteiger partial charge in [0.1, 0.15) is 0 Å². The maximum Gasteiger partial charge on any atom is 0.279 e. The molecule has 17 heavy (non-hydrogen) atoms. The number of hydrogen-bond donors (Lipinski definition) is 2. The van der Waals surface area contributed by atoms with E-state index < -0.39 is 10.2 Å². The Morgan fingerprint density at radius 3 is 2.65 bits per heavy atom. The molecule has 1 saturated heterocycles. The first-order valence-corrected chi connectivity index (χ1v) is 7.53. The van der Waals surface area contributed by atoms with Crippen molar-refractivity contribution in [2.45, 2.75) is 25.3 Å². The largest absolute Gasteiger partial charge is 0.396 e. The van der Waals surface area contributed by atoms with E-state index in [4.69, 9.17) is 4.74 Å². The second-order valence-corrected chi connectivity index (χ2v) is 6.32. The van der Waals surface area contributed by atoms with Crippen LogP contribution in [0.25, 0.3) is 0 Å². The van der Waals surface area contributed by atoms with E-state index in [9.17, 15) is 13.5 Å². The van der Waals surface area contributed by atoms with Crippen molar-refractivity contribution in [3.05, 3.63) is 0 Å². The highest BCUT2D eigenvalue weighted by Crippen LogP contribution is 2.26. The van der Waals surface area contributed by atoms with E-state index >= 15 is 0 Å². The Morgan fingerprint density at radius 2 is 2.00 bits per heavy atom. The lowest BCUT2D eigenvalue weighted by molar-refractivity contribution is 0.0721. The van der Waals surface area contributed by atoms with E-state index in [0.717, 1.165) is 19.3 Å². The second kappa shape index (κ2) is 5.62. The van der Waals surface area contributed by atoms with Gasteiger partial charge in [-0.05, 0) is 18.8 Å². The van der Waals surface area contributed by atoms with Gasteiger partial charge in [0.05, 0.1) is 13.2 Å². The first-order valence-electron chi connectivity index (χ1n) is 6.09. The van der Waals surface area contributed by atoms with Crippen LogP contribution in [0.1, 0.15) is 19.3 Å². The Labute approximate surface area is 102 Å². The molecule has 6 nitrogen and oxygen atoms in total. The van der Waals surface area contributed by atoms with Gasteiger partial charge >= 0.3 is 0 Å². The summed E-state index contributed by atoms with van der Waals surface area (Å²) in [4.78, 5) is 0. The van der Waals surface area contributed by atoms with Gasteiger partial charge in [-0.25, -0.2) is 0 Å². The monoisotopic (exact) mass is 264 g/mol. The Balaban J connectivity index is 1.96. The van der Waals surface area contributed by atoms with Gasteiger partial charge in [-0.15, -0.1) is 0 Å². The Kier molecular flexibility index (Phi) is 4.37. The average Bonchev–Trinajstić information content (AvgIpc) is 2.77. The maximum absolute atomic E-state index is 12.1. The van der Waals surface area contributed by atoms with Crippen LogP contribution < -0.4 is 4.72 Å². The predicted molar refractivity (Wildman–Crippen MR) is 62.7 cm³/mol. The zero-order valence-electron chi connectivity index (χ0n) is 9.84. The van der Waals surface area contributed by atoms with Crippen LogP contribution in [0.4, 0.5) is 0 Å². The number of aliphatic hydroxyl groups is 1. The number of nitrogens with one attached hydrogen (secondary N) is 1. The van der Waals surface area contributed by atoms with Gasteiger partial charge in [0.15, 0.2) is 0 Å². The van der Waals surface area contributed by atoms with Crippen molar-refractivity contribution in [2.24, 2.45) is 5.92 Å². The fourth-order valence-corrected chi connectivity index (χ4v) is 3.94. The number of rotatable bonds is 4. The van der Waals surface area contributed by atoms with E-state index in [1.807, 2.05) is 0 Å². The van der Waals surface area contributed by atoms with Crippen LogP contribution in [0.15, 0.2) is 0 Å². The summed E-state index contributed by atoms with van der Waals surface area (Å²) in [6.07, 6.45) is 2.68. The van der Waals surface area contributed by atoms with Crippen LogP contribution in [-0.4, -0.2) is 56.8 Å². The van der Waals surface area contributed by atoms with Crippen LogP contribution in [0.3, 0.4) is 0 Å². The molecule has 0 bridgehead atoms. The Hall–Kier alpha value is -0.210. The topological polar surface area (TPSA) is 78.9 Å². The molecule has 0 amide bonds. The molecule has 1 aliphatic carbocycles. The molecule has 0 spiro atoms. The van der Waals surface area contributed by atoms with Crippen molar-refractivity contribution in [3.63, 3.8) is 0 Å². The highest BCUT2D eigenvalue weighted by Gasteiger charge is 2.33. The Morgan fingerprint density at radius 1 is 1.29 bits per heavy atom. The molecule has 2 unspecified atom stereocenters. The molecular formula is C10H20N2O4S. The molecular weight excluding hydrogens is 244 g/mol. The van der Waals surface area contributed by atoms with Crippen molar-refractivity contribution >= 4 is 10.2 Å². The molecule has 1 saturated carbocycles. The van der Waals surface area contributed by atoms with Gasteiger partial charge in [-0.3, -0.25) is 0 Å². The average molecular weight is 264 g/mol. The van der Waals surface area contributed by atoms with Gasteiger partial charge in [-0.2, -0.15) is 17.4 Å². The summed E-state index contributed by atoms with van der Waals surface area (Å²) >= 11 is 0. The first-order chi connectivity index (χ1) is 8.13. The molecule has 7 heteroatoms. The summed E-state index contributed by atoms with van der Waals surface area (Å²) in [7, 11) is -3.42. The lowest BCUT2D eigenvalue weighted by Crippen LogP contribution is -2.50. The summed E-state index contributed by atoms with van der Waals surface area (Å²) in [6, 6.07) is -0.118. The van der Waals surface area contributed by atoms with E-state index in [1.165, 1.54) is 4.31 Å². The van der Waals surface area contributed by atoms with Crippen molar-refractivity contribution in [3.8, 4) is 0 Å². The summed E-state index contributed by atoms with van der Waals surface area (Å²) in [5.41, 5.74) is 0. The van der Waals surface area contributed by atoms with Gasteiger partial charge < -0.3 is 9.84 Å². The number of morpholine rings is 1. The highest BCUT2D eigenvalue weighted by molar-refractivity contribution is 7.87. The summed E-state index contributed by atoms with van der Waals surface area (Å²) in [5, 5.41) is 9.18. The van der Waals surface area contributed by atoms with Gasteiger partial charge in [0, 0.05) is 25.7 Å². The molecule has 1 heterocycles.